The molecular formula is C19H24ClNO. The van der Waals surface area contributed by atoms with E-state index in [1.54, 1.807) is 7.11 Å². The lowest BCUT2D eigenvalue weighted by molar-refractivity contribution is 0.416. The van der Waals surface area contributed by atoms with Crippen molar-refractivity contribution in [2.45, 2.75) is 26.2 Å². The highest BCUT2D eigenvalue weighted by Crippen LogP contribution is 2.35. The van der Waals surface area contributed by atoms with E-state index in [4.69, 9.17) is 16.3 Å². The van der Waals surface area contributed by atoms with E-state index >= 15 is 0 Å². The minimum atomic E-state index is 0.757. The van der Waals surface area contributed by atoms with E-state index in [0.717, 1.165) is 41.4 Å². The molecule has 0 atom stereocenters. The number of methoxy groups -OCH3 is 1. The monoisotopic (exact) mass is 317 g/mol. The second kappa shape index (κ2) is 8.82. The van der Waals surface area contributed by atoms with E-state index < -0.39 is 0 Å². The Hall–Kier alpha value is -1.51. The first-order valence-electron chi connectivity index (χ1n) is 7.88. The predicted octanol–water partition coefficient (Wildman–Crippen LogP) is 4.95. The van der Waals surface area contributed by atoms with Crippen molar-refractivity contribution in [3.63, 3.8) is 0 Å². The Morgan fingerprint density at radius 2 is 1.86 bits per heavy atom. The second-order valence-corrected chi connectivity index (χ2v) is 5.78. The van der Waals surface area contributed by atoms with Crippen LogP contribution in [0.5, 0.6) is 5.75 Å². The van der Waals surface area contributed by atoms with Crippen LogP contribution in [-0.4, -0.2) is 20.2 Å². The molecule has 0 bridgehead atoms. The van der Waals surface area contributed by atoms with Crippen molar-refractivity contribution >= 4 is 11.6 Å². The minimum absolute atomic E-state index is 0.757. The molecule has 0 amide bonds. The number of nitrogens with one attached hydrogen (secondary N) is 1. The van der Waals surface area contributed by atoms with E-state index in [-0.39, 0.29) is 0 Å². The third-order valence-corrected chi connectivity index (χ3v) is 4.06. The Morgan fingerprint density at radius 3 is 2.64 bits per heavy atom. The average Bonchev–Trinajstić information content (AvgIpc) is 2.56. The molecular weight excluding hydrogens is 294 g/mol. The molecule has 118 valence electrons. The second-order valence-electron chi connectivity index (χ2n) is 5.37. The Labute approximate surface area is 138 Å². The minimum Gasteiger partial charge on any atom is -0.496 e. The summed E-state index contributed by atoms with van der Waals surface area (Å²) >= 11 is 6.39. The third kappa shape index (κ3) is 4.49. The van der Waals surface area contributed by atoms with E-state index in [1.165, 1.54) is 18.4 Å². The van der Waals surface area contributed by atoms with Crippen LogP contribution in [0.15, 0.2) is 42.5 Å². The summed E-state index contributed by atoms with van der Waals surface area (Å²) in [4.78, 5) is 0. The van der Waals surface area contributed by atoms with Gasteiger partial charge in [-0.15, -0.1) is 0 Å². The van der Waals surface area contributed by atoms with Crippen molar-refractivity contribution in [1.29, 1.82) is 0 Å². The summed E-state index contributed by atoms with van der Waals surface area (Å²) in [5, 5.41) is 4.23. The Morgan fingerprint density at radius 1 is 1.05 bits per heavy atom. The normalized spacial score (nSPS) is 10.7. The first-order chi connectivity index (χ1) is 10.8. The Balaban J connectivity index is 2.13. The van der Waals surface area contributed by atoms with E-state index in [2.05, 4.69) is 24.4 Å². The van der Waals surface area contributed by atoms with Crippen LogP contribution in [-0.2, 0) is 6.42 Å². The summed E-state index contributed by atoms with van der Waals surface area (Å²) in [6.45, 7) is 4.29. The zero-order valence-corrected chi connectivity index (χ0v) is 14.1. The van der Waals surface area contributed by atoms with Gasteiger partial charge in [0.2, 0.25) is 0 Å². The van der Waals surface area contributed by atoms with E-state index in [1.807, 2.05) is 30.3 Å². The molecule has 0 aromatic heterocycles. The average molecular weight is 318 g/mol. The SMILES string of the molecule is CCCCNCCc1ccc(Cl)c(-c2ccccc2OC)c1. The number of halogens is 1. The molecule has 0 fully saturated rings. The van der Waals surface area contributed by atoms with Crippen molar-refractivity contribution < 1.29 is 4.74 Å². The highest BCUT2D eigenvalue weighted by Gasteiger charge is 2.09. The van der Waals surface area contributed by atoms with Gasteiger partial charge < -0.3 is 10.1 Å². The van der Waals surface area contributed by atoms with Crippen molar-refractivity contribution in [2.24, 2.45) is 0 Å². The molecule has 0 aliphatic rings. The molecule has 3 heteroatoms. The zero-order chi connectivity index (χ0) is 15.8. The number of ether oxygens (including phenoxy) is 1. The van der Waals surface area contributed by atoms with Crippen LogP contribution in [0.3, 0.4) is 0 Å². The van der Waals surface area contributed by atoms with Gasteiger partial charge in [0.05, 0.1) is 7.11 Å². The fourth-order valence-electron chi connectivity index (χ4n) is 2.46. The molecule has 0 saturated carbocycles. The molecule has 0 unspecified atom stereocenters. The number of rotatable bonds is 8. The molecule has 2 aromatic rings. The first-order valence-corrected chi connectivity index (χ1v) is 8.26. The maximum absolute atomic E-state index is 6.39. The molecule has 0 heterocycles. The van der Waals surface area contributed by atoms with Gasteiger partial charge in [0.15, 0.2) is 0 Å². The lowest BCUT2D eigenvalue weighted by Gasteiger charge is -2.12. The summed E-state index contributed by atoms with van der Waals surface area (Å²) in [6.07, 6.45) is 3.46. The molecule has 22 heavy (non-hydrogen) atoms. The van der Waals surface area contributed by atoms with Gasteiger partial charge >= 0.3 is 0 Å². The predicted molar refractivity (Wildman–Crippen MR) is 94.9 cm³/mol. The highest BCUT2D eigenvalue weighted by atomic mass is 35.5. The van der Waals surface area contributed by atoms with Gasteiger partial charge in [-0.2, -0.15) is 0 Å². The lowest BCUT2D eigenvalue weighted by atomic mass is 10.0. The van der Waals surface area contributed by atoms with Crippen molar-refractivity contribution in [2.75, 3.05) is 20.2 Å². The van der Waals surface area contributed by atoms with Crippen molar-refractivity contribution in [3.05, 3.63) is 53.1 Å². The maximum atomic E-state index is 6.39. The van der Waals surface area contributed by atoms with E-state index in [9.17, 15) is 0 Å². The van der Waals surface area contributed by atoms with Gasteiger partial charge in [-0.25, -0.2) is 0 Å². The third-order valence-electron chi connectivity index (χ3n) is 3.73. The largest absolute Gasteiger partial charge is 0.496 e. The highest BCUT2D eigenvalue weighted by molar-refractivity contribution is 6.33. The molecule has 2 aromatic carbocycles. The van der Waals surface area contributed by atoms with Crippen molar-refractivity contribution in [1.82, 2.24) is 5.32 Å². The topological polar surface area (TPSA) is 21.3 Å². The standard InChI is InChI=1S/C19H24ClNO/c1-3-4-12-21-13-11-15-9-10-18(20)17(14-15)16-7-5-6-8-19(16)22-2/h5-10,14,21H,3-4,11-13H2,1-2H3. The van der Waals surface area contributed by atoms with Crippen LogP contribution < -0.4 is 10.1 Å². The van der Waals surface area contributed by atoms with Crippen LogP contribution in [0.1, 0.15) is 25.3 Å². The van der Waals surface area contributed by atoms with Gasteiger partial charge in [-0.05, 0) is 49.7 Å². The first kappa shape index (κ1) is 16.9. The molecule has 0 spiro atoms. The summed E-state index contributed by atoms with van der Waals surface area (Å²) in [6, 6.07) is 14.2. The summed E-state index contributed by atoms with van der Waals surface area (Å²) in [5.74, 6) is 0.850. The summed E-state index contributed by atoms with van der Waals surface area (Å²) < 4.78 is 5.45. The molecule has 1 N–H and O–H groups in total. The number of hydrogen-bond acceptors (Lipinski definition) is 2. The maximum Gasteiger partial charge on any atom is 0.126 e. The van der Waals surface area contributed by atoms with Crippen LogP contribution in [0, 0.1) is 0 Å². The van der Waals surface area contributed by atoms with Crippen LogP contribution in [0.4, 0.5) is 0 Å². The number of hydrogen-bond donors (Lipinski definition) is 1. The number of benzene rings is 2. The van der Waals surface area contributed by atoms with Gasteiger partial charge in [-0.3, -0.25) is 0 Å². The summed E-state index contributed by atoms with van der Waals surface area (Å²) in [5.41, 5.74) is 3.36. The summed E-state index contributed by atoms with van der Waals surface area (Å²) in [7, 11) is 1.69. The molecule has 2 rings (SSSR count). The quantitative estimate of drug-likeness (QED) is 0.696. The Kier molecular flexibility index (Phi) is 6.75. The lowest BCUT2D eigenvalue weighted by Crippen LogP contribution is -2.18. The van der Waals surface area contributed by atoms with Gasteiger partial charge in [0.25, 0.3) is 0 Å². The fourth-order valence-corrected chi connectivity index (χ4v) is 2.68. The van der Waals surface area contributed by atoms with Gasteiger partial charge in [0, 0.05) is 16.1 Å². The van der Waals surface area contributed by atoms with Crippen LogP contribution in [0.25, 0.3) is 11.1 Å². The van der Waals surface area contributed by atoms with Crippen LogP contribution in [0.2, 0.25) is 5.02 Å². The number of unbranched alkanes of at least 4 members (excludes halogenated alkanes) is 1. The van der Waals surface area contributed by atoms with Crippen molar-refractivity contribution in [3.8, 4) is 16.9 Å². The smallest absolute Gasteiger partial charge is 0.126 e. The molecule has 0 aliphatic heterocycles. The molecule has 0 radical (unpaired) electrons. The molecule has 0 saturated heterocycles. The fraction of sp³-hybridized carbons (Fsp3) is 0.368. The molecule has 0 aliphatic carbocycles. The Bertz CT molecular complexity index is 598. The number of para-hydroxylation sites is 1. The van der Waals surface area contributed by atoms with Gasteiger partial charge in [-0.1, -0.05) is 49.2 Å². The molecule has 2 nitrogen and oxygen atoms in total. The van der Waals surface area contributed by atoms with Crippen LogP contribution >= 0.6 is 11.6 Å². The van der Waals surface area contributed by atoms with E-state index in [0.29, 0.717) is 0 Å². The zero-order valence-electron chi connectivity index (χ0n) is 13.4. The van der Waals surface area contributed by atoms with Gasteiger partial charge in [0.1, 0.15) is 5.75 Å².